The number of Topliss-reactive ketones (excluding diaryl/α,β-unsaturated/α-hetero) is 1. The van der Waals surface area contributed by atoms with E-state index in [1.807, 2.05) is 0 Å². The Hall–Kier alpha value is -2.17. The maximum Gasteiger partial charge on any atom is 0.163 e. The van der Waals surface area contributed by atoms with Crippen molar-refractivity contribution in [2.24, 2.45) is 7.05 Å². The highest BCUT2D eigenvalue weighted by Gasteiger charge is 2.22. The van der Waals surface area contributed by atoms with Crippen molar-refractivity contribution in [2.75, 3.05) is 19.6 Å². The summed E-state index contributed by atoms with van der Waals surface area (Å²) in [4.78, 5) is 13.8. The zero-order valence-corrected chi connectivity index (χ0v) is 16.9. The number of nitrogens with one attached hydrogen (secondary N) is 1. The van der Waals surface area contributed by atoms with Crippen LogP contribution in [0.3, 0.4) is 0 Å². The largest absolute Gasteiger partial charge is 1.00 e. The van der Waals surface area contributed by atoms with Gasteiger partial charge < -0.3 is 21.9 Å². The summed E-state index contributed by atoms with van der Waals surface area (Å²) in [6.45, 7) is 3.24. The number of aryl methyl sites for hydroxylation is 1. The Morgan fingerprint density at radius 2 is 1.79 bits per heavy atom. The second kappa shape index (κ2) is 8.89. The number of benzene rings is 2. The third-order valence-corrected chi connectivity index (χ3v) is 5.89. The number of carbonyl (C=O) groups excluding carboxylic acids is 1. The third-order valence-electron chi connectivity index (χ3n) is 5.89. The molecule has 3 nitrogen and oxygen atoms in total. The molecule has 1 atom stereocenters. The quantitative estimate of drug-likeness (QED) is 0.598. The van der Waals surface area contributed by atoms with Gasteiger partial charge in [-0.2, -0.15) is 0 Å². The number of rotatable bonds is 5. The van der Waals surface area contributed by atoms with E-state index in [9.17, 15) is 9.18 Å². The number of carbonyl (C=O) groups is 1. The molecule has 0 saturated heterocycles. The van der Waals surface area contributed by atoms with Crippen molar-refractivity contribution in [3.8, 4) is 0 Å². The van der Waals surface area contributed by atoms with Gasteiger partial charge in [-0.25, -0.2) is 4.39 Å². The number of hydrogen-bond acceptors (Lipinski definition) is 1. The second-order valence-electron chi connectivity index (χ2n) is 7.54. The molecule has 28 heavy (non-hydrogen) atoms. The van der Waals surface area contributed by atoms with E-state index in [-0.39, 0.29) is 24.0 Å². The van der Waals surface area contributed by atoms with Gasteiger partial charge in [0.05, 0.1) is 19.6 Å². The van der Waals surface area contributed by atoms with Gasteiger partial charge in [0.15, 0.2) is 5.78 Å². The molecule has 1 unspecified atom stereocenters. The number of hydrogen-bond donors (Lipinski definition) is 1. The summed E-state index contributed by atoms with van der Waals surface area (Å²) in [7, 11) is 2.17. The first-order valence-corrected chi connectivity index (χ1v) is 9.81. The molecule has 3 aromatic rings. The lowest BCUT2D eigenvalue weighted by atomic mass is 10.1. The summed E-state index contributed by atoms with van der Waals surface area (Å²) in [5, 5.41) is 1.39. The van der Waals surface area contributed by atoms with Gasteiger partial charge in [-0.05, 0) is 35.9 Å². The fourth-order valence-electron chi connectivity index (χ4n) is 4.37. The Balaban J connectivity index is 0.00000225. The Morgan fingerprint density at radius 1 is 1.07 bits per heavy atom. The summed E-state index contributed by atoms with van der Waals surface area (Å²) in [6, 6.07) is 14.5. The Labute approximate surface area is 171 Å². The predicted molar refractivity (Wildman–Crippen MR) is 106 cm³/mol. The SMILES string of the molecule is Cn1c2c(c3ccccc31)CC[NH+](CCCC(=O)c1ccc(F)cc1)CC2.[Cl-]. The van der Waals surface area contributed by atoms with Crippen LogP contribution in [-0.2, 0) is 19.9 Å². The molecule has 4 rings (SSSR count). The Morgan fingerprint density at radius 3 is 2.57 bits per heavy atom. The predicted octanol–water partition coefficient (Wildman–Crippen LogP) is -0.0320. The van der Waals surface area contributed by atoms with Crippen LogP contribution in [-0.4, -0.2) is 30.0 Å². The van der Waals surface area contributed by atoms with Crippen LogP contribution in [0.1, 0.15) is 34.5 Å². The fourth-order valence-corrected chi connectivity index (χ4v) is 4.37. The van der Waals surface area contributed by atoms with Crippen molar-refractivity contribution in [3.05, 3.63) is 71.2 Å². The van der Waals surface area contributed by atoms with Crippen LogP contribution in [0.5, 0.6) is 0 Å². The first-order chi connectivity index (χ1) is 13.1. The number of para-hydroxylation sites is 1. The molecule has 1 aliphatic rings. The van der Waals surface area contributed by atoms with Crippen LogP contribution in [0.15, 0.2) is 48.5 Å². The second-order valence-corrected chi connectivity index (χ2v) is 7.54. The normalized spacial score (nSPS) is 16.3. The van der Waals surface area contributed by atoms with Crippen LogP contribution < -0.4 is 17.3 Å². The van der Waals surface area contributed by atoms with E-state index in [0.717, 1.165) is 38.9 Å². The Kier molecular flexibility index (Phi) is 6.53. The first-order valence-electron chi connectivity index (χ1n) is 9.81. The van der Waals surface area contributed by atoms with E-state index in [2.05, 4.69) is 35.9 Å². The van der Waals surface area contributed by atoms with Crippen molar-refractivity contribution >= 4 is 16.7 Å². The number of quaternary nitrogens is 1. The topological polar surface area (TPSA) is 26.4 Å². The van der Waals surface area contributed by atoms with Crippen molar-refractivity contribution in [1.82, 2.24) is 4.57 Å². The van der Waals surface area contributed by atoms with E-state index < -0.39 is 0 Å². The van der Waals surface area contributed by atoms with Gasteiger partial charge in [0.2, 0.25) is 0 Å². The molecule has 0 bridgehead atoms. The number of ketones is 1. The zero-order valence-electron chi connectivity index (χ0n) is 16.2. The average Bonchev–Trinajstić information content (AvgIpc) is 2.82. The molecule has 1 aromatic heterocycles. The fraction of sp³-hybridized carbons (Fsp3) is 0.348. The molecule has 2 aromatic carbocycles. The van der Waals surface area contributed by atoms with Gasteiger partial charge in [0, 0.05) is 54.9 Å². The molecule has 0 radical (unpaired) electrons. The molecule has 1 N–H and O–H groups in total. The smallest absolute Gasteiger partial charge is 0.163 e. The molecular formula is C23H26ClFN2O. The van der Waals surface area contributed by atoms with Crippen LogP contribution in [0.2, 0.25) is 0 Å². The number of fused-ring (bicyclic) bond motifs is 3. The average molecular weight is 401 g/mol. The standard InChI is InChI=1S/C23H25FN2O.ClH/c1-25-21-6-3-2-5-19(21)20-12-15-26(16-13-22(20)25)14-4-7-23(27)17-8-10-18(24)11-9-17;/h2-3,5-6,8-11H,4,7,12-16H2,1H3;1H. The first kappa shape index (κ1) is 20.6. The molecule has 148 valence electrons. The van der Waals surface area contributed by atoms with Gasteiger partial charge in [-0.1, -0.05) is 18.2 Å². The maximum atomic E-state index is 13.0. The van der Waals surface area contributed by atoms with E-state index in [0.29, 0.717) is 12.0 Å². The highest BCUT2D eigenvalue weighted by Crippen LogP contribution is 2.26. The molecule has 0 saturated carbocycles. The highest BCUT2D eigenvalue weighted by atomic mass is 35.5. The van der Waals surface area contributed by atoms with E-state index >= 15 is 0 Å². The minimum atomic E-state index is -0.298. The van der Waals surface area contributed by atoms with Gasteiger partial charge >= 0.3 is 0 Å². The van der Waals surface area contributed by atoms with E-state index in [1.165, 1.54) is 34.3 Å². The number of aromatic nitrogens is 1. The lowest BCUT2D eigenvalue weighted by molar-refractivity contribution is -0.899. The van der Waals surface area contributed by atoms with Crippen molar-refractivity contribution < 1.29 is 26.5 Å². The minimum Gasteiger partial charge on any atom is -1.00 e. The van der Waals surface area contributed by atoms with Crippen LogP contribution in [0.25, 0.3) is 10.9 Å². The Bertz CT molecular complexity index is 965. The molecule has 1 aliphatic heterocycles. The molecule has 0 amide bonds. The lowest BCUT2D eigenvalue weighted by Gasteiger charge is -2.17. The summed E-state index contributed by atoms with van der Waals surface area (Å²) < 4.78 is 15.3. The maximum absolute atomic E-state index is 13.0. The molecular weight excluding hydrogens is 375 g/mol. The lowest BCUT2D eigenvalue weighted by Crippen LogP contribution is -3.12. The molecule has 2 heterocycles. The van der Waals surface area contributed by atoms with Crippen molar-refractivity contribution in [3.63, 3.8) is 0 Å². The molecule has 0 aliphatic carbocycles. The number of nitrogens with zero attached hydrogens (tertiary/aromatic N) is 1. The van der Waals surface area contributed by atoms with Crippen LogP contribution >= 0.6 is 0 Å². The summed E-state index contributed by atoms with van der Waals surface area (Å²) in [5.41, 5.74) is 4.91. The van der Waals surface area contributed by atoms with Crippen molar-refractivity contribution in [2.45, 2.75) is 25.7 Å². The molecule has 0 spiro atoms. The van der Waals surface area contributed by atoms with Crippen LogP contribution in [0.4, 0.5) is 4.39 Å². The van der Waals surface area contributed by atoms with Gasteiger partial charge in [0.25, 0.3) is 0 Å². The monoisotopic (exact) mass is 400 g/mol. The molecule has 0 fully saturated rings. The van der Waals surface area contributed by atoms with E-state index in [1.54, 1.807) is 17.0 Å². The molecule has 5 heteroatoms. The zero-order chi connectivity index (χ0) is 18.8. The van der Waals surface area contributed by atoms with E-state index in [4.69, 9.17) is 0 Å². The van der Waals surface area contributed by atoms with Gasteiger partial charge in [-0.3, -0.25) is 4.79 Å². The van der Waals surface area contributed by atoms with Gasteiger partial charge in [0.1, 0.15) is 5.82 Å². The van der Waals surface area contributed by atoms with Crippen molar-refractivity contribution in [1.29, 1.82) is 0 Å². The van der Waals surface area contributed by atoms with Crippen LogP contribution in [0, 0.1) is 5.82 Å². The summed E-state index contributed by atoms with van der Waals surface area (Å²) in [5.74, 6) is -0.189. The summed E-state index contributed by atoms with van der Waals surface area (Å²) >= 11 is 0. The summed E-state index contributed by atoms with van der Waals surface area (Å²) in [6.07, 6.45) is 3.59. The number of halogens is 2. The minimum absolute atomic E-state index is 0. The highest BCUT2D eigenvalue weighted by molar-refractivity contribution is 5.95. The third kappa shape index (κ3) is 4.13. The van der Waals surface area contributed by atoms with Gasteiger partial charge in [-0.15, -0.1) is 0 Å².